The van der Waals surface area contributed by atoms with Gasteiger partial charge in [-0.15, -0.1) is 11.6 Å². The molecule has 0 radical (unpaired) electrons. The molecule has 0 aromatic heterocycles. The monoisotopic (exact) mass is 246 g/mol. The van der Waals surface area contributed by atoms with Crippen LogP contribution in [0.3, 0.4) is 0 Å². The molecule has 1 fully saturated rings. The molecule has 0 aliphatic carbocycles. The summed E-state index contributed by atoms with van der Waals surface area (Å²) in [6.07, 6.45) is -0.174. The highest BCUT2D eigenvalue weighted by Crippen LogP contribution is 2.45. The average Bonchev–Trinajstić information content (AvgIpc) is 3.23. The number of rotatable bonds is 3. The van der Waals surface area contributed by atoms with Gasteiger partial charge in [0.1, 0.15) is 11.0 Å². The minimum Gasteiger partial charge on any atom is -0.370 e. The van der Waals surface area contributed by atoms with Crippen LogP contribution in [0.1, 0.15) is 13.9 Å². The fourth-order valence-electron chi connectivity index (χ4n) is 2.01. The smallest absolute Gasteiger partial charge is 0.123 e. The van der Waals surface area contributed by atoms with E-state index in [0.29, 0.717) is 29.8 Å². The third-order valence-electron chi connectivity index (χ3n) is 2.98. The second-order valence-electron chi connectivity index (χ2n) is 4.09. The van der Waals surface area contributed by atoms with E-state index in [2.05, 4.69) is 0 Å². The van der Waals surface area contributed by atoms with Gasteiger partial charge in [-0.1, -0.05) is 60.6 Å². The van der Waals surface area contributed by atoms with Gasteiger partial charge < -0.3 is 4.74 Å². The Labute approximate surface area is 109 Å². The Bertz CT molecular complexity index is 565. The predicted molar refractivity (Wildman–Crippen MR) is 69.3 cm³/mol. The van der Waals surface area contributed by atoms with Crippen molar-refractivity contribution in [3.05, 3.63) is 71.7 Å². The lowest BCUT2D eigenvalue weighted by Gasteiger charge is -2.26. The summed E-state index contributed by atoms with van der Waals surface area (Å²) in [6, 6.07) is 15.2. The van der Waals surface area contributed by atoms with E-state index in [1.165, 1.54) is 0 Å². The van der Waals surface area contributed by atoms with Crippen molar-refractivity contribution in [1.29, 1.82) is 0 Å². The minimum atomic E-state index is -0.948. The Kier molecular flexibility index (Phi) is 2.14. The molecule has 0 N–H and O–H groups in total. The van der Waals surface area contributed by atoms with Gasteiger partial charge in [0.05, 0.1) is 9.35 Å². The van der Waals surface area contributed by atoms with E-state index < -0.39 is 4.87 Å². The van der Waals surface area contributed by atoms with Crippen molar-refractivity contribution in [3.63, 3.8) is 0 Å². The molecule has 1 aliphatic rings. The molecule has 0 bridgehead atoms. The third-order valence-corrected chi connectivity index (χ3v) is 3.63. The maximum Gasteiger partial charge on any atom is 0.123 e. The van der Waals surface area contributed by atoms with Crippen molar-refractivity contribution >= 4 is 11.6 Å². The molecular weight excluding hydrogens is 232 g/mol. The standard InChI is InChI=1S/C15H13ClO/c16-15(14-11-17-14,12-7-3-1-4-8-12)13-9-5-2-6-10-13/h1-10,14H,11H2/i7D,9D. The summed E-state index contributed by atoms with van der Waals surface area (Å²) in [5.74, 6) is 0. The van der Waals surface area contributed by atoms with Crippen LogP contribution in [-0.4, -0.2) is 12.7 Å². The Hall–Kier alpha value is -1.31. The SMILES string of the molecule is [2H]c1ccccc1C(Cl)(c1ccccc1[2H])C1CO1. The van der Waals surface area contributed by atoms with E-state index in [9.17, 15) is 0 Å². The van der Waals surface area contributed by atoms with Gasteiger partial charge >= 0.3 is 0 Å². The maximum atomic E-state index is 8.07. The molecule has 17 heavy (non-hydrogen) atoms. The van der Waals surface area contributed by atoms with Gasteiger partial charge in [0, 0.05) is 0 Å². The van der Waals surface area contributed by atoms with Gasteiger partial charge in [-0.2, -0.15) is 0 Å². The van der Waals surface area contributed by atoms with Crippen molar-refractivity contribution in [1.82, 2.24) is 0 Å². The van der Waals surface area contributed by atoms with Crippen LogP contribution < -0.4 is 0 Å². The summed E-state index contributed by atoms with van der Waals surface area (Å²) in [4.78, 5) is -0.948. The molecule has 2 aromatic rings. The van der Waals surface area contributed by atoms with Crippen LogP contribution >= 0.6 is 11.6 Å². The molecule has 0 spiro atoms. The number of halogens is 1. The Balaban J connectivity index is 2.21. The van der Waals surface area contributed by atoms with Crippen molar-refractivity contribution in [3.8, 4) is 0 Å². The molecule has 1 unspecified atom stereocenters. The fourth-order valence-corrected chi connectivity index (χ4v) is 2.37. The second kappa shape index (κ2) is 4.17. The van der Waals surface area contributed by atoms with Gasteiger partial charge in [0.25, 0.3) is 0 Å². The van der Waals surface area contributed by atoms with Crippen molar-refractivity contribution < 1.29 is 7.48 Å². The second-order valence-corrected chi connectivity index (χ2v) is 4.68. The summed E-state index contributed by atoms with van der Waals surface area (Å²) in [5.41, 5.74) is 1.39. The number of epoxide rings is 1. The Morgan fingerprint density at radius 2 is 1.59 bits per heavy atom. The van der Waals surface area contributed by atoms with Crippen LogP contribution in [0.4, 0.5) is 0 Å². The maximum absolute atomic E-state index is 8.07. The number of hydrogen-bond acceptors (Lipinski definition) is 1. The lowest BCUT2D eigenvalue weighted by molar-refractivity contribution is 0.373. The Morgan fingerprint density at radius 1 is 1.06 bits per heavy atom. The minimum absolute atomic E-state index is 0.174. The third kappa shape index (κ3) is 1.86. The lowest BCUT2D eigenvalue weighted by atomic mass is 9.88. The van der Waals surface area contributed by atoms with Crippen LogP contribution in [0, 0.1) is 0 Å². The molecular formula is C15H13ClO. The zero-order chi connectivity index (χ0) is 13.5. The zero-order valence-corrected chi connectivity index (χ0v) is 9.95. The summed E-state index contributed by atoms with van der Waals surface area (Å²) < 4.78 is 21.5. The summed E-state index contributed by atoms with van der Waals surface area (Å²) in [7, 11) is 0. The molecule has 2 aromatic carbocycles. The first-order valence-corrected chi connectivity index (χ1v) is 5.94. The molecule has 86 valence electrons. The fraction of sp³-hybridized carbons (Fsp3) is 0.200. The van der Waals surface area contributed by atoms with Gasteiger partial charge in [-0.25, -0.2) is 0 Å². The predicted octanol–water partition coefficient (Wildman–Crippen LogP) is 3.57. The number of hydrogen-bond donors (Lipinski definition) is 0. The molecule has 1 atom stereocenters. The van der Waals surface area contributed by atoms with Gasteiger partial charge in [-0.05, 0) is 11.1 Å². The van der Waals surface area contributed by atoms with Gasteiger partial charge in [-0.3, -0.25) is 0 Å². The van der Waals surface area contributed by atoms with Crippen molar-refractivity contribution in [2.75, 3.05) is 6.61 Å². The summed E-state index contributed by atoms with van der Waals surface area (Å²) in [5, 5.41) is 0. The van der Waals surface area contributed by atoms with Gasteiger partial charge in [0.2, 0.25) is 0 Å². The normalized spacial score (nSPS) is 20.6. The molecule has 2 heteroatoms. The molecule has 3 rings (SSSR count). The first-order valence-electron chi connectivity index (χ1n) is 6.56. The van der Waals surface area contributed by atoms with E-state index in [0.717, 1.165) is 0 Å². The van der Waals surface area contributed by atoms with Crippen molar-refractivity contribution in [2.24, 2.45) is 0 Å². The van der Waals surface area contributed by atoms with E-state index in [1.54, 1.807) is 12.1 Å². The highest BCUT2D eigenvalue weighted by molar-refractivity contribution is 6.26. The van der Waals surface area contributed by atoms with Crippen LogP contribution in [0.25, 0.3) is 0 Å². The van der Waals surface area contributed by atoms with Crippen LogP contribution in [0.2, 0.25) is 0 Å². The molecule has 1 saturated heterocycles. The molecule has 1 aliphatic heterocycles. The van der Waals surface area contributed by atoms with Crippen molar-refractivity contribution in [2.45, 2.75) is 11.0 Å². The largest absolute Gasteiger partial charge is 0.370 e. The zero-order valence-electron chi connectivity index (χ0n) is 11.2. The van der Waals surface area contributed by atoms with E-state index in [1.807, 2.05) is 36.4 Å². The molecule has 1 heterocycles. The number of alkyl halides is 1. The molecule has 0 amide bonds. The van der Waals surface area contributed by atoms with E-state index in [-0.39, 0.29) is 6.10 Å². The van der Waals surface area contributed by atoms with E-state index in [4.69, 9.17) is 19.1 Å². The number of ether oxygens (including phenoxy) is 1. The first kappa shape index (κ1) is 8.73. The summed E-state index contributed by atoms with van der Waals surface area (Å²) >= 11 is 6.83. The number of benzene rings is 2. The highest BCUT2D eigenvalue weighted by atomic mass is 35.5. The summed E-state index contributed by atoms with van der Waals surface area (Å²) in [6.45, 7) is 0.562. The highest BCUT2D eigenvalue weighted by Gasteiger charge is 2.48. The average molecular weight is 247 g/mol. The molecule has 0 saturated carbocycles. The van der Waals surface area contributed by atoms with Crippen LogP contribution in [0.15, 0.2) is 60.6 Å². The van der Waals surface area contributed by atoms with Crippen LogP contribution in [0.5, 0.6) is 0 Å². The van der Waals surface area contributed by atoms with Gasteiger partial charge in [0.15, 0.2) is 0 Å². The Morgan fingerprint density at radius 3 is 2.00 bits per heavy atom. The lowest BCUT2D eigenvalue weighted by Crippen LogP contribution is -2.27. The quantitative estimate of drug-likeness (QED) is 0.596. The van der Waals surface area contributed by atoms with E-state index >= 15 is 0 Å². The van der Waals surface area contributed by atoms with Crippen LogP contribution in [-0.2, 0) is 9.61 Å². The topological polar surface area (TPSA) is 12.5 Å². The molecule has 1 nitrogen and oxygen atoms in total. The first-order chi connectivity index (χ1) is 9.14.